The van der Waals surface area contributed by atoms with Crippen molar-refractivity contribution in [3.05, 3.63) is 59.4 Å². The van der Waals surface area contributed by atoms with Gasteiger partial charge in [-0.15, -0.1) is 0 Å². The van der Waals surface area contributed by atoms with Crippen LogP contribution < -0.4 is 10.1 Å². The Kier molecular flexibility index (Phi) is 6.33. The number of benzene rings is 2. The van der Waals surface area contributed by atoms with Gasteiger partial charge in [-0.3, -0.25) is 4.79 Å². The quantitative estimate of drug-likeness (QED) is 0.747. The molecule has 6 nitrogen and oxygen atoms in total. The van der Waals surface area contributed by atoms with Crippen LogP contribution in [0.5, 0.6) is 5.75 Å². The van der Waals surface area contributed by atoms with Crippen LogP contribution in [0.1, 0.15) is 15.9 Å². The van der Waals surface area contributed by atoms with Crippen LogP contribution >= 0.6 is 0 Å². The first kappa shape index (κ1) is 19.9. The zero-order valence-electron chi connectivity index (χ0n) is 14.8. The Bertz CT molecular complexity index is 881. The van der Waals surface area contributed by atoms with Crippen molar-refractivity contribution < 1.29 is 22.3 Å². The van der Waals surface area contributed by atoms with E-state index in [0.29, 0.717) is 5.75 Å². The highest BCUT2D eigenvalue weighted by molar-refractivity contribution is 7.89. The predicted molar refractivity (Wildman–Crippen MR) is 96.3 cm³/mol. The van der Waals surface area contributed by atoms with Gasteiger partial charge in [-0.1, -0.05) is 17.7 Å². The van der Waals surface area contributed by atoms with Gasteiger partial charge in [0.05, 0.1) is 17.0 Å². The summed E-state index contributed by atoms with van der Waals surface area (Å²) < 4.78 is 44.6. The van der Waals surface area contributed by atoms with Gasteiger partial charge in [0, 0.05) is 14.1 Å². The normalized spacial score (nSPS) is 11.4. The molecule has 0 aliphatic heterocycles. The number of nitrogens with zero attached hydrogens (tertiary/aromatic N) is 1. The summed E-state index contributed by atoms with van der Waals surface area (Å²) in [7, 11) is -1.03. The van der Waals surface area contributed by atoms with Crippen LogP contribution in [0.2, 0.25) is 0 Å². The molecule has 0 atom stereocenters. The lowest BCUT2D eigenvalue weighted by Crippen LogP contribution is -2.29. The fourth-order valence-electron chi connectivity index (χ4n) is 2.11. The fourth-order valence-corrected chi connectivity index (χ4v) is 3.04. The van der Waals surface area contributed by atoms with E-state index >= 15 is 0 Å². The van der Waals surface area contributed by atoms with Crippen molar-refractivity contribution in [2.24, 2.45) is 0 Å². The maximum absolute atomic E-state index is 13.9. The zero-order valence-corrected chi connectivity index (χ0v) is 15.6. The second-order valence-corrected chi connectivity index (χ2v) is 8.00. The molecule has 0 fully saturated rings. The number of hydrogen-bond donors (Lipinski definition) is 1. The number of rotatable bonds is 7. The number of carbonyl (C=O) groups excluding carboxylic acids is 1. The predicted octanol–water partition coefficient (Wildman–Crippen LogP) is 2.19. The molecule has 0 heterocycles. The number of nitrogens with one attached hydrogen (secondary N) is 1. The van der Waals surface area contributed by atoms with Crippen LogP contribution in [0.15, 0.2) is 47.4 Å². The van der Waals surface area contributed by atoms with E-state index < -0.39 is 21.7 Å². The number of carbonyl (C=O) groups is 1. The van der Waals surface area contributed by atoms with Gasteiger partial charge in [0.25, 0.3) is 5.91 Å². The highest BCUT2D eigenvalue weighted by Gasteiger charge is 2.21. The lowest BCUT2D eigenvalue weighted by Gasteiger charge is -2.13. The number of sulfonamides is 1. The Morgan fingerprint density at radius 3 is 2.42 bits per heavy atom. The smallest absolute Gasteiger partial charge is 0.254 e. The zero-order chi connectivity index (χ0) is 19.3. The molecular weight excluding hydrogens is 359 g/mol. The van der Waals surface area contributed by atoms with E-state index in [-0.39, 0.29) is 23.6 Å². The summed E-state index contributed by atoms with van der Waals surface area (Å²) in [6, 6.07) is 10.6. The second kappa shape index (κ2) is 8.29. The monoisotopic (exact) mass is 380 g/mol. The summed E-state index contributed by atoms with van der Waals surface area (Å²) in [4.78, 5) is 12.0. The van der Waals surface area contributed by atoms with E-state index in [2.05, 4.69) is 5.32 Å². The standard InChI is InChI=1S/C18H21FN2O4S/c1-13-4-6-14(7-5-13)25-11-10-20-18(22)16-12-15(8-9-17(16)19)26(23,24)21(2)3/h4-9,12H,10-11H2,1-3H3,(H,20,22). The molecule has 8 heteroatoms. The minimum absolute atomic E-state index is 0.148. The summed E-state index contributed by atoms with van der Waals surface area (Å²) in [6.07, 6.45) is 0. The van der Waals surface area contributed by atoms with Gasteiger partial charge in [-0.25, -0.2) is 17.1 Å². The third-order valence-corrected chi connectivity index (χ3v) is 5.45. The molecule has 2 aromatic carbocycles. The molecule has 140 valence electrons. The lowest BCUT2D eigenvalue weighted by molar-refractivity contribution is 0.0942. The van der Waals surface area contributed by atoms with Gasteiger partial charge >= 0.3 is 0 Å². The highest BCUT2D eigenvalue weighted by atomic mass is 32.2. The molecule has 0 unspecified atom stereocenters. The number of hydrogen-bond acceptors (Lipinski definition) is 4. The van der Waals surface area contributed by atoms with Crippen molar-refractivity contribution in [1.29, 1.82) is 0 Å². The lowest BCUT2D eigenvalue weighted by atomic mass is 10.2. The van der Waals surface area contributed by atoms with Crippen LogP contribution in [-0.2, 0) is 10.0 Å². The maximum Gasteiger partial charge on any atom is 0.254 e. The SMILES string of the molecule is Cc1ccc(OCCNC(=O)c2cc(S(=O)(=O)N(C)C)ccc2F)cc1. The fraction of sp³-hybridized carbons (Fsp3) is 0.278. The number of aryl methyl sites for hydroxylation is 1. The average Bonchev–Trinajstić information content (AvgIpc) is 2.60. The van der Waals surface area contributed by atoms with Crippen molar-refractivity contribution in [2.75, 3.05) is 27.2 Å². The minimum atomic E-state index is -3.75. The molecule has 0 saturated carbocycles. The number of ether oxygens (including phenoxy) is 1. The van der Waals surface area contributed by atoms with Gasteiger partial charge in [0.1, 0.15) is 18.2 Å². The Morgan fingerprint density at radius 2 is 1.81 bits per heavy atom. The molecule has 26 heavy (non-hydrogen) atoms. The number of amides is 1. The second-order valence-electron chi connectivity index (χ2n) is 5.85. The molecule has 1 N–H and O–H groups in total. The molecule has 1 amide bonds. The Labute approximate surface area is 152 Å². The van der Waals surface area contributed by atoms with E-state index in [9.17, 15) is 17.6 Å². The van der Waals surface area contributed by atoms with Crippen LogP contribution in [0.3, 0.4) is 0 Å². The van der Waals surface area contributed by atoms with Crippen molar-refractivity contribution in [3.8, 4) is 5.75 Å². The van der Waals surface area contributed by atoms with Gasteiger partial charge in [-0.2, -0.15) is 0 Å². The van der Waals surface area contributed by atoms with E-state index in [1.165, 1.54) is 14.1 Å². The third kappa shape index (κ3) is 4.80. The van der Waals surface area contributed by atoms with Crippen LogP contribution in [0.4, 0.5) is 4.39 Å². The van der Waals surface area contributed by atoms with Crippen molar-refractivity contribution >= 4 is 15.9 Å². The maximum atomic E-state index is 13.9. The van der Waals surface area contributed by atoms with Gasteiger partial charge < -0.3 is 10.1 Å². The molecule has 2 aromatic rings. The third-order valence-electron chi connectivity index (χ3n) is 3.64. The molecule has 0 aliphatic carbocycles. The molecule has 2 rings (SSSR count). The minimum Gasteiger partial charge on any atom is -0.492 e. The van der Waals surface area contributed by atoms with Gasteiger partial charge in [-0.05, 0) is 37.3 Å². The average molecular weight is 380 g/mol. The summed E-state index contributed by atoms with van der Waals surface area (Å²) in [5.41, 5.74) is 0.775. The van der Waals surface area contributed by atoms with E-state index in [4.69, 9.17) is 4.74 Å². The summed E-state index contributed by atoms with van der Waals surface area (Å²) >= 11 is 0. The van der Waals surface area contributed by atoms with Gasteiger partial charge in [0.15, 0.2) is 0 Å². The van der Waals surface area contributed by atoms with Crippen LogP contribution in [-0.4, -0.2) is 45.9 Å². The molecule has 0 bridgehead atoms. The largest absolute Gasteiger partial charge is 0.492 e. The van der Waals surface area contributed by atoms with Crippen LogP contribution in [0.25, 0.3) is 0 Å². The van der Waals surface area contributed by atoms with Crippen molar-refractivity contribution in [2.45, 2.75) is 11.8 Å². The van der Waals surface area contributed by atoms with Gasteiger partial charge in [0.2, 0.25) is 10.0 Å². The molecule has 0 radical (unpaired) electrons. The highest BCUT2D eigenvalue weighted by Crippen LogP contribution is 2.17. The first-order chi connectivity index (χ1) is 12.2. The molecule has 0 saturated heterocycles. The van der Waals surface area contributed by atoms with Crippen molar-refractivity contribution in [3.63, 3.8) is 0 Å². The van der Waals surface area contributed by atoms with E-state index in [1.54, 1.807) is 0 Å². The Morgan fingerprint density at radius 1 is 1.15 bits per heavy atom. The van der Waals surface area contributed by atoms with E-state index in [0.717, 1.165) is 28.1 Å². The Balaban J connectivity index is 1.99. The summed E-state index contributed by atoms with van der Waals surface area (Å²) in [5.74, 6) is -0.833. The first-order valence-corrected chi connectivity index (χ1v) is 9.35. The Hall–Kier alpha value is -2.45. The van der Waals surface area contributed by atoms with E-state index in [1.807, 2.05) is 31.2 Å². The topological polar surface area (TPSA) is 75.7 Å². The molecule has 0 aromatic heterocycles. The molecular formula is C18H21FN2O4S. The molecule has 0 aliphatic rings. The van der Waals surface area contributed by atoms with Crippen LogP contribution in [0, 0.1) is 12.7 Å². The first-order valence-electron chi connectivity index (χ1n) is 7.91. The van der Waals surface area contributed by atoms with Crippen molar-refractivity contribution in [1.82, 2.24) is 9.62 Å². The molecule has 0 spiro atoms. The number of halogens is 1. The summed E-state index contributed by atoms with van der Waals surface area (Å²) in [5, 5.41) is 2.52. The summed E-state index contributed by atoms with van der Waals surface area (Å²) in [6.45, 7) is 2.31.